The molecule has 0 bridgehead atoms. The lowest BCUT2D eigenvalue weighted by atomic mass is 9.95. The molecule has 0 aromatic heterocycles. The Morgan fingerprint density at radius 3 is 1.73 bits per heavy atom. The fraction of sp³-hybridized carbons (Fsp3) is 1.00. The minimum Gasteiger partial charge on any atom is -0.252 e. The van der Waals surface area contributed by atoms with Gasteiger partial charge in [-0.1, -0.05) is 78.1 Å². The zero-order valence-corrected chi connectivity index (χ0v) is 15.6. The van der Waals surface area contributed by atoms with Crippen LogP contribution in [0.25, 0.3) is 0 Å². The molecule has 0 fully saturated rings. The van der Waals surface area contributed by atoms with Gasteiger partial charge in [0.2, 0.25) is 0 Å². The Hall–Kier alpha value is -0.130. The summed E-state index contributed by atoms with van der Waals surface area (Å²) >= 11 is 0. The zero-order valence-electron chi connectivity index (χ0n) is 14.8. The van der Waals surface area contributed by atoms with Crippen LogP contribution < -0.4 is 0 Å². The molecule has 0 aromatic rings. The van der Waals surface area contributed by atoms with Gasteiger partial charge < -0.3 is 0 Å². The van der Waals surface area contributed by atoms with Crippen molar-refractivity contribution in [2.24, 2.45) is 5.92 Å². The van der Waals surface area contributed by atoms with Gasteiger partial charge in [-0.15, -0.1) is 0 Å². The van der Waals surface area contributed by atoms with E-state index in [-0.39, 0.29) is 6.61 Å². The van der Waals surface area contributed by atoms with Crippen molar-refractivity contribution in [2.45, 2.75) is 90.9 Å². The monoisotopic (exact) mass is 336 g/mol. The van der Waals surface area contributed by atoms with Gasteiger partial charge in [-0.3, -0.25) is 4.18 Å². The topological polar surface area (TPSA) is 52.6 Å². The number of hydrogen-bond donors (Lipinski definition) is 0. The molecule has 0 amide bonds. The largest absolute Gasteiger partial charge is 0.399 e. The number of hydrogen-bond acceptors (Lipinski definition) is 4. The van der Waals surface area contributed by atoms with Crippen LogP contribution in [0, 0.1) is 5.92 Å². The second-order valence-corrected chi connectivity index (χ2v) is 7.52. The van der Waals surface area contributed by atoms with E-state index in [4.69, 9.17) is 4.18 Å². The van der Waals surface area contributed by atoms with E-state index >= 15 is 0 Å². The summed E-state index contributed by atoms with van der Waals surface area (Å²) in [5.41, 5.74) is 0. The van der Waals surface area contributed by atoms with Gasteiger partial charge in [0.05, 0.1) is 13.7 Å². The molecule has 5 heteroatoms. The SMILES string of the molecule is CCCCCCCCC(CCCCCC)COS(=O)(=O)OC. The summed E-state index contributed by atoms with van der Waals surface area (Å²) in [4.78, 5) is 0. The molecule has 0 spiro atoms. The first-order chi connectivity index (χ1) is 10.6. The van der Waals surface area contributed by atoms with Crippen molar-refractivity contribution < 1.29 is 16.8 Å². The van der Waals surface area contributed by atoms with Crippen molar-refractivity contribution in [3.63, 3.8) is 0 Å². The Morgan fingerprint density at radius 2 is 1.23 bits per heavy atom. The molecule has 0 aliphatic carbocycles. The molecule has 0 saturated carbocycles. The van der Waals surface area contributed by atoms with E-state index in [0.29, 0.717) is 5.92 Å². The van der Waals surface area contributed by atoms with Gasteiger partial charge in [0.15, 0.2) is 0 Å². The van der Waals surface area contributed by atoms with Crippen molar-refractivity contribution >= 4 is 10.4 Å². The first-order valence-electron chi connectivity index (χ1n) is 9.00. The quantitative estimate of drug-likeness (QED) is 0.362. The molecule has 4 nitrogen and oxygen atoms in total. The van der Waals surface area contributed by atoms with Crippen molar-refractivity contribution in [2.75, 3.05) is 13.7 Å². The maximum atomic E-state index is 11.3. The van der Waals surface area contributed by atoms with Crippen LogP contribution in [0.1, 0.15) is 90.9 Å². The standard InChI is InChI=1S/C17H36O4S/c1-4-6-8-10-11-13-15-17(14-12-9-7-5-2)16-21-22(18,19)20-3/h17H,4-16H2,1-3H3. The van der Waals surface area contributed by atoms with Gasteiger partial charge in [-0.25, -0.2) is 4.18 Å². The number of rotatable bonds is 16. The van der Waals surface area contributed by atoms with E-state index in [2.05, 4.69) is 18.0 Å². The molecule has 134 valence electrons. The third-order valence-corrected chi connectivity index (χ3v) is 4.92. The second-order valence-electron chi connectivity index (χ2n) is 6.13. The van der Waals surface area contributed by atoms with Crippen molar-refractivity contribution in [1.29, 1.82) is 0 Å². The van der Waals surface area contributed by atoms with Crippen LogP contribution in [0.2, 0.25) is 0 Å². The first-order valence-corrected chi connectivity index (χ1v) is 10.3. The third kappa shape index (κ3) is 13.5. The molecular formula is C17H36O4S. The zero-order chi connectivity index (χ0) is 16.7. The third-order valence-electron chi connectivity index (χ3n) is 4.08. The summed E-state index contributed by atoms with van der Waals surface area (Å²) in [7, 11) is -2.65. The molecule has 0 radical (unpaired) electrons. The van der Waals surface area contributed by atoms with Gasteiger partial charge in [-0.05, 0) is 18.8 Å². The highest BCUT2D eigenvalue weighted by atomic mass is 32.3. The predicted octanol–water partition coefficient (Wildman–Crippen LogP) is 5.23. The smallest absolute Gasteiger partial charge is 0.252 e. The second kappa shape index (κ2) is 14.5. The van der Waals surface area contributed by atoms with Crippen LogP contribution in [0.15, 0.2) is 0 Å². The van der Waals surface area contributed by atoms with E-state index in [1.807, 2.05) is 0 Å². The maximum absolute atomic E-state index is 11.3. The Labute approximate surface area is 138 Å². The van der Waals surface area contributed by atoms with Gasteiger partial charge in [0, 0.05) is 0 Å². The van der Waals surface area contributed by atoms with Crippen LogP contribution in [0.4, 0.5) is 0 Å². The molecule has 0 aliphatic rings. The Bertz CT molecular complexity index is 328. The maximum Gasteiger partial charge on any atom is 0.399 e. The van der Waals surface area contributed by atoms with E-state index in [9.17, 15) is 8.42 Å². The summed E-state index contributed by atoms with van der Waals surface area (Å²) in [6, 6.07) is 0. The highest BCUT2D eigenvalue weighted by Crippen LogP contribution is 2.20. The normalized spacial score (nSPS) is 13.4. The molecule has 0 saturated heterocycles. The summed E-state index contributed by atoms with van der Waals surface area (Å²) in [6.07, 6.45) is 14.5. The van der Waals surface area contributed by atoms with Crippen LogP contribution in [-0.4, -0.2) is 22.1 Å². The summed E-state index contributed by atoms with van der Waals surface area (Å²) in [5.74, 6) is 0.327. The molecule has 0 aliphatic heterocycles. The van der Waals surface area contributed by atoms with Gasteiger partial charge >= 0.3 is 10.4 Å². The average molecular weight is 337 g/mol. The number of unbranched alkanes of at least 4 members (excludes halogenated alkanes) is 8. The Kier molecular flexibility index (Phi) is 14.4. The summed E-state index contributed by atoms with van der Waals surface area (Å²) in [5, 5.41) is 0. The minimum absolute atomic E-state index is 0.261. The van der Waals surface area contributed by atoms with Crippen molar-refractivity contribution in [3.8, 4) is 0 Å². The lowest BCUT2D eigenvalue weighted by Crippen LogP contribution is -2.16. The van der Waals surface area contributed by atoms with E-state index in [1.54, 1.807) is 0 Å². The van der Waals surface area contributed by atoms with Crippen LogP contribution in [0.3, 0.4) is 0 Å². The van der Waals surface area contributed by atoms with E-state index < -0.39 is 10.4 Å². The molecule has 22 heavy (non-hydrogen) atoms. The van der Waals surface area contributed by atoms with Crippen molar-refractivity contribution in [3.05, 3.63) is 0 Å². The Balaban J connectivity index is 3.99. The summed E-state index contributed by atoms with van der Waals surface area (Å²) in [6.45, 7) is 4.68. The Morgan fingerprint density at radius 1 is 0.773 bits per heavy atom. The van der Waals surface area contributed by atoms with Crippen LogP contribution in [-0.2, 0) is 18.8 Å². The van der Waals surface area contributed by atoms with Gasteiger partial charge in [0.1, 0.15) is 0 Å². The fourth-order valence-corrected chi connectivity index (χ4v) is 3.07. The lowest BCUT2D eigenvalue weighted by Gasteiger charge is -2.16. The fourth-order valence-electron chi connectivity index (χ4n) is 2.61. The van der Waals surface area contributed by atoms with Gasteiger partial charge in [-0.2, -0.15) is 8.42 Å². The van der Waals surface area contributed by atoms with E-state index in [1.165, 1.54) is 57.8 Å². The average Bonchev–Trinajstić information content (AvgIpc) is 2.51. The van der Waals surface area contributed by atoms with E-state index in [0.717, 1.165) is 26.4 Å². The molecule has 1 atom stereocenters. The lowest BCUT2D eigenvalue weighted by molar-refractivity contribution is 0.192. The minimum atomic E-state index is -3.79. The highest BCUT2D eigenvalue weighted by Gasteiger charge is 2.15. The molecule has 0 rings (SSSR count). The predicted molar refractivity (Wildman–Crippen MR) is 92.1 cm³/mol. The molecular weight excluding hydrogens is 300 g/mol. The van der Waals surface area contributed by atoms with Crippen molar-refractivity contribution in [1.82, 2.24) is 0 Å². The van der Waals surface area contributed by atoms with Crippen LogP contribution in [0.5, 0.6) is 0 Å². The van der Waals surface area contributed by atoms with Gasteiger partial charge in [0.25, 0.3) is 0 Å². The molecule has 0 heterocycles. The molecule has 1 unspecified atom stereocenters. The summed E-state index contributed by atoms with van der Waals surface area (Å²) < 4.78 is 31.9. The van der Waals surface area contributed by atoms with Crippen LogP contribution >= 0.6 is 0 Å². The first kappa shape index (κ1) is 21.9. The molecule has 0 N–H and O–H groups in total. The highest BCUT2D eigenvalue weighted by molar-refractivity contribution is 7.81. The molecule has 0 aromatic carbocycles.